The monoisotopic (exact) mass is 492 g/mol. The molecule has 3 aliphatic carbocycles. The number of amides is 1. The second-order valence-electron chi connectivity index (χ2n) is 12.0. The van der Waals surface area contributed by atoms with Gasteiger partial charge >= 0.3 is 0 Å². The second-order valence-corrected chi connectivity index (χ2v) is 12.0. The average molecular weight is 493 g/mol. The first-order valence-electron chi connectivity index (χ1n) is 14.5. The van der Waals surface area contributed by atoms with Crippen molar-refractivity contribution in [2.24, 2.45) is 23.7 Å². The highest BCUT2D eigenvalue weighted by atomic mass is 16.5. The molecule has 200 valence electrons. The number of piperidine rings is 1. The number of hydrogen-bond acceptors (Lipinski definition) is 7. The lowest BCUT2D eigenvalue weighted by atomic mass is 9.71. The zero-order chi connectivity index (χ0) is 24.2. The number of fused-ring (bicyclic) bond motifs is 1. The zero-order valence-corrected chi connectivity index (χ0v) is 21.4. The van der Waals surface area contributed by atoms with Gasteiger partial charge in [0.15, 0.2) is 0 Å². The molecule has 8 nitrogen and oxygen atoms in total. The van der Waals surface area contributed by atoms with E-state index < -0.39 is 24.2 Å². The molecule has 5 N–H and O–H groups in total. The van der Waals surface area contributed by atoms with Crippen LogP contribution in [0.15, 0.2) is 0 Å². The van der Waals surface area contributed by atoms with Crippen LogP contribution in [0.25, 0.3) is 0 Å². The number of rotatable bonds is 6. The molecule has 2 aliphatic heterocycles. The maximum atomic E-state index is 13.9. The summed E-state index contributed by atoms with van der Waals surface area (Å²) >= 11 is 0. The number of nitrogens with one attached hydrogen (secondary N) is 3. The summed E-state index contributed by atoms with van der Waals surface area (Å²) in [7, 11) is 0. The summed E-state index contributed by atoms with van der Waals surface area (Å²) < 4.78 is 6.32. The molecule has 3 saturated carbocycles. The molecule has 2 saturated heterocycles. The Kier molecular flexibility index (Phi) is 9.00. The molecule has 8 unspecified atom stereocenters. The van der Waals surface area contributed by atoms with Crippen molar-refractivity contribution in [1.29, 1.82) is 0 Å². The number of aliphatic hydroxyl groups is 2. The van der Waals surface area contributed by atoms with Gasteiger partial charge in [0, 0.05) is 58.2 Å². The minimum atomic E-state index is -0.835. The Morgan fingerprint density at radius 2 is 1.86 bits per heavy atom. The van der Waals surface area contributed by atoms with Crippen molar-refractivity contribution in [2.45, 2.75) is 101 Å². The summed E-state index contributed by atoms with van der Waals surface area (Å²) in [5, 5.41) is 32.2. The van der Waals surface area contributed by atoms with E-state index in [0.717, 1.165) is 45.6 Å². The van der Waals surface area contributed by atoms with Gasteiger partial charge in [-0.15, -0.1) is 0 Å². The fraction of sp³-hybridized carbons (Fsp3) is 0.963. The highest BCUT2D eigenvalue weighted by Crippen LogP contribution is 2.38. The van der Waals surface area contributed by atoms with Crippen LogP contribution in [0.1, 0.15) is 70.6 Å². The van der Waals surface area contributed by atoms with E-state index in [4.69, 9.17) is 4.74 Å². The molecule has 8 heteroatoms. The van der Waals surface area contributed by atoms with E-state index in [9.17, 15) is 15.0 Å². The minimum absolute atomic E-state index is 0.0401. The Morgan fingerprint density at radius 3 is 2.66 bits per heavy atom. The summed E-state index contributed by atoms with van der Waals surface area (Å²) in [5.41, 5.74) is 0. The Balaban J connectivity index is 1.22. The first kappa shape index (κ1) is 25.9. The van der Waals surface area contributed by atoms with E-state index in [-0.39, 0.29) is 18.5 Å². The van der Waals surface area contributed by atoms with Crippen LogP contribution < -0.4 is 16.0 Å². The van der Waals surface area contributed by atoms with Gasteiger partial charge in [-0.25, -0.2) is 0 Å². The predicted octanol–water partition coefficient (Wildman–Crippen LogP) is 1.21. The smallest absolute Gasteiger partial charge is 0.230 e. The molecule has 0 spiro atoms. The summed E-state index contributed by atoms with van der Waals surface area (Å²) in [5.74, 6) is 1.15. The molecule has 5 aliphatic rings. The van der Waals surface area contributed by atoms with Crippen molar-refractivity contribution in [1.82, 2.24) is 20.9 Å². The van der Waals surface area contributed by atoms with E-state index in [1.807, 2.05) is 4.90 Å². The first-order valence-corrected chi connectivity index (χ1v) is 14.5. The molecule has 0 aromatic carbocycles. The number of aliphatic hydroxyl groups excluding tert-OH is 2. The molecule has 5 fully saturated rings. The third-order valence-electron chi connectivity index (χ3n) is 9.57. The minimum Gasteiger partial charge on any atom is -0.393 e. The van der Waals surface area contributed by atoms with E-state index in [2.05, 4.69) is 16.0 Å². The molecule has 35 heavy (non-hydrogen) atoms. The van der Waals surface area contributed by atoms with Crippen molar-refractivity contribution in [3.8, 4) is 0 Å². The number of likely N-dealkylation sites (tertiary alicyclic amines) is 1. The highest BCUT2D eigenvalue weighted by Gasteiger charge is 2.46. The molecular weight excluding hydrogens is 444 g/mol. The van der Waals surface area contributed by atoms with Crippen molar-refractivity contribution in [3.05, 3.63) is 0 Å². The lowest BCUT2D eigenvalue weighted by molar-refractivity contribution is -0.162. The van der Waals surface area contributed by atoms with Gasteiger partial charge < -0.3 is 25.2 Å². The molecule has 0 aromatic heterocycles. The third kappa shape index (κ3) is 6.39. The van der Waals surface area contributed by atoms with Crippen LogP contribution in [0.4, 0.5) is 0 Å². The van der Waals surface area contributed by atoms with Gasteiger partial charge in [0.1, 0.15) is 0 Å². The van der Waals surface area contributed by atoms with Crippen LogP contribution in [0.2, 0.25) is 0 Å². The lowest BCUT2D eigenvalue weighted by Crippen LogP contribution is -2.62. The molecule has 0 radical (unpaired) electrons. The van der Waals surface area contributed by atoms with Crippen LogP contribution in [-0.2, 0) is 9.53 Å². The van der Waals surface area contributed by atoms with Gasteiger partial charge in [-0.05, 0) is 49.9 Å². The first-order chi connectivity index (χ1) is 17.1. The number of nitrogens with zero attached hydrogens (tertiary/aromatic N) is 1. The maximum Gasteiger partial charge on any atom is 0.230 e. The number of carbonyl (C=O) groups is 1. The van der Waals surface area contributed by atoms with Gasteiger partial charge in [-0.3, -0.25) is 15.4 Å². The molecule has 2 heterocycles. The topological polar surface area (TPSA) is 106 Å². The molecular formula is C27H48N4O4. The predicted molar refractivity (Wildman–Crippen MR) is 135 cm³/mol. The van der Waals surface area contributed by atoms with Crippen molar-refractivity contribution < 1.29 is 19.7 Å². The largest absolute Gasteiger partial charge is 0.393 e. The molecule has 1 amide bonds. The Hall–Kier alpha value is -0.770. The summed E-state index contributed by atoms with van der Waals surface area (Å²) in [4.78, 5) is 15.9. The van der Waals surface area contributed by atoms with Crippen LogP contribution in [0.3, 0.4) is 0 Å². The molecule has 0 aromatic rings. The molecule has 0 bridgehead atoms. The Bertz CT molecular complexity index is 684. The average Bonchev–Trinajstić information content (AvgIpc) is 2.88. The summed E-state index contributed by atoms with van der Waals surface area (Å²) in [6.45, 7) is 5.12. The van der Waals surface area contributed by atoms with Crippen molar-refractivity contribution in [3.63, 3.8) is 0 Å². The van der Waals surface area contributed by atoms with E-state index in [0.29, 0.717) is 36.8 Å². The Labute approximate surface area is 210 Å². The fourth-order valence-corrected chi connectivity index (χ4v) is 7.60. The maximum absolute atomic E-state index is 13.9. The number of ether oxygens (including phenoxy) is 1. The van der Waals surface area contributed by atoms with Gasteiger partial charge in [-0.2, -0.15) is 0 Å². The van der Waals surface area contributed by atoms with Crippen LogP contribution in [0, 0.1) is 23.7 Å². The standard InChI is InChI=1S/C27H48N4O4/c32-20-13-23(33)26(24(14-20)35-17-18-5-2-1-3-6-18)27(34)31-12-9-19-7-4-8-22(21(19)16-31)30-25-15-28-10-11-29-25/h18-26,28-30,32-33H,1-17H2. The van der Waals surface area contributed by atoms with E-state index in [1.165, 1.54) is 44.9 Å². The van der Waals surface area contributed by atoms with E-state index >= 15 is 0 Å². The van der Waals surface area contributed by atoms with Crippen molar-refractivity contribution in [2.75, 3.05) is 39.3 Å². The van der Waals surface area contributed by atoms with Gasteiger partial charge in [0.25, 0.3) is 0 Å². The van der Waals surface area contributed by atoms with Crippen LogP contribution in [-0.4, -0.2) is 90.9 Å². The SMILES string of the molecule is O=C(C1C(O)CC(O)CC1OCC1CCCCC1)N1CCC2CCCC(NC3CNCCN3)C2C1. The van der Waals surface area contributed by atoms with Gasteiger partial charge in [0.05, 0.1) is 30.4 Å². The lowest BCUT2D eigenvalue weighted by Gasteiger charge is -2.48. The summed E-state index contributed by atoms with van der Waals surface area (Å²) in [6, 6.07) is 0.415. The normalized spacial score (nSPS) is 41.4. The van der Waals surface area contributed by atoms with Crippen LogP contribution >= 0.6 is 0 Å². The summed E-state index contributed by atoms with van der Waals surface area (Å²) in [6.07, 6.45) is 10.1. The van der Waals surface area contributed by atoms with Crippen LogP contribution in [0.5, 0.6) is 0 Å². The quantitative estimate of drug-likeness (QED) is 0.380. The number of hydrogen-bond donors (Lipinski definition) is 5. The third-order valence-corrected chi connectivity index (χ3v) is 9.57. The second kappa shape index (κ2) is 12.2. The number of carbonyl (C=O) groups excluding carboxylic acids is 1. The van der Waals surface area contributed by atoms with Gasteiger partial charge in [-0.1, -0.05) is 25.7 Å². The fourth-order valence-electron chi connectivity index (χ4n) is 7.60. The number of piperazine rings is 1. The molecule has 8 atom stereocenters. The molecule has 5 rings (SSSR count). The van der Waals surface area contributed by atoms with E-state index in [1.54, 1.807) is 0 Å². The van der Waals surface area contributed by atoms with Crippen molar-refractivity contribution >= 4 is 5.91 Å². The zero-order valence-electron chi connectivity index (χ0n) is 21.4. The Morgan fingerprint density at radius 1 is 1.00 bits per heavy atom. The van der Waals surface area contributed by atoms with Gasteiger partial charge in [0.2, 0.25) is 5.91 Å². The highest BCUT2D eigenvalue weighted by molar-refractivity contribution is 5.80.